The second-order valence-corrected chi connectivity index (χ2v) is 8.21. The maximum Gasteiger partial charge on any atom is 0.109 e. The predicted molar refractivity (Wildman–Crippen MR) is 102 cm³/mol. The maximum atomic E-state index is 4.81. The van der Waals surface area contributed by atoms with Gasteiger partial charge < -0.3 is 9.88 Å². The Hall–Kier alpha value is -2.14. The molecule has 1 saturated carbocycles. The molecule has 5 heteroatoms. The van der Waals surface area contributed by atoms with Crippen molar-refractivity contribution in [2.75, 3.05) is 5.32 Å². The molecule has 4 nitrogen and oxygen atoms in total. The fourth-order valence-corrected chi connectivity index (χ4v) is 4.45. The molecule has 2 aliphatic rings. The van der Waals surface area contributed by atoms with Gasteiger partial charge in [0.25, 0.3) is 0 Å². The summed E-state index contributed by atoms with van der Waals surface area (Å²) in [6, 6.07) is 8.63. The number of benzene rings is 1. The molecule has 0 bridgehead atoms. The van der Waals surface area contributed by atoms with Crippen molar-refractivity contribution in [3.63, 3.8) is 0 Å². The molecule has 1 N–H and O–H groups in total. The third-order valence-electron chi connectivity index (χ3n) is 5.05. The van der Waals surface area contributed by atoms with Crippen LogP contribution in [0.25, 0.3) is 11.3 Å². The van der Waals surface area contributed by atoms with Crippen molar-refractivity contribution in [1.82, 2.24) is 14.5 Å². The van der Waals surface area contributed by atoms with Gasteiger partial charge in [0, 0.05) is 47.4 Å². The summed E-state index contributed by atoms with van der Waals surface area (Å²) in [4.78, 5) is 10.7. The van der Waals surface area contributed by atoms with E-state index in [1.165, 1.54) is 47.0 Å². The van der Waals surface area contributed by atoms with Crippen LogP contribution in [0, 0.1) is 0 Å². The van der Waals surface area contributed by atoms with E-state index in [1.54, 1.807) is 0 Å². The van der Waals surface area contributed by atoms with Crippen LogP contribution in [0.2, 0.25) is 0 Å². The van der Waals surface area contributed by atoms with Gasteiger partial charge in [-0.15, -0.1) is 11.3 Å². The van der Waals surface area contributed by atoms with E-state index in [0.717, 1.165) is 36.8 Å². The molecule has 3 heterocycles. The Kier molecular flexibility index (Phi) is 3.82. The van der Waals surface area contributed by atoms with Gasteiger partial charge in [0.2, 0.25) is 0 Å². The van der Waals surface area contributed by atoms with Crippen LogP contribution < -0.4 is 5.32 Å². The van der Waals surface area contributed by atoms with E-state index in [2.05, 4.69) is 45.3 Å². The van der Waals surface area contributed by atoms with Crippen molar-refractivity contribution in [1.29, 1.82) is 0 Å². The zero-order chi connectivity index (χ0) is 16.6. The van der Waals surface area contributed by atoms with Gasteiger partial charge in [-0.1, -0.05) is 12.1 Å². The number of fused-ring (bicyclic) bond motifs is 1. The fraction of sp³-hybridized carbons (Fsp3) is 0.400. The minimum atomic E-state index is 0.749. The van der Waals surface area contributed by atoms with Gasteiger partial charge >= 0.3 is 0 Å². The summed E-state index contributed by atoms with van der Waals surface area (Å²) >= 11 is 1.85. The second kappa shape index (κ2) is 6.30. The minimum absolute atomic E-state index is 0.749. The minimum Gasteiger partial charge on any atom is -0.380 e. The summed E-state index contributed by atoms with van der Waals surface area (Å²) in [5.41, 5.74) is 3.44. The third-order valence-corrected chi connectivity index (χ3v) is 6.21. The van der Waals surface area contributed by atoms with Gasteiger partial charge in [0.1, 0.15) is 5.82 Å². The molecule has 0 radical (unpaired) electrons. The molecule has 0 spiro atoms. The number of aromatic nitrogens is 3. The predicted octanol–water partition coefficient (Wildman–Crippen LogP) is 4.83. The maximum absolute atomic E-state index is 4.81. The third kappa shape index (κ3) is 3.21. The average molecular weight is 350 g/mol. The Labute approximate surface area is 152 Å². The van der Waals surface area contributed by atoms with Crippen LogP contribution in [0.5, 0.6) is 0 Å². The highest BCUT2D eigenvalue weighted by Gasteiger charge is 2.26. The summed E-state index contributed by atoms with van der Waals surface area (Å²) in [5.74, 6) is 1.99. The summed E-state index contributed by atoms with van der Waals surface area (Å²) in [7, 11) is 0. The summed E-state index contributed by atoms with van der Waals surface area (Å²) in [5, 5.41) is 4.82. The lowest BCUT2D eigenvalue weighted by Gasteiger charge is -2.11. The molecular weight excluding hydrogens is 328 g/mol. The Morgan fingerprint density at radius 3 is 2.84 bits per heavy atom. The molecule has 0 unspecified atom stereocenters. The van der Waals surface area contributed by atoms with E-state index < -0.39 is 0 Å². The number of nitrogens with zero attached hydrogens (tertiary/aromatic N) is 3. The van der Waals surface area contributed by atoms with Crippen molar-refractivity contribution in [2.45, 2.75) is 51.1 Å². The van der Waals surface area contributed by atoms with Crippen molar-refractivity contribution in [2.24, 2.45) is 0 Å². The lowest BCUT2D eigenvalue weighted by Crippen LogP contribution is -2.08. The van der Waals surface area contributed by atoms with Crippen LogP contribution in [0.1, 0.15) is 47.3 Å². The summed E-state index contributed by atoms with van der Waals surface area (Å²) < 4.78 is 2.31. The highest BCUT2D eigenvalue weighted by molar-refractivity contribution is 7.11. The Morgan fingerprint density at radius 2 is 2.04 bits per heavy atom. The van der Waals surface area contributed by atoms with Gasteiger partial charge in [0.15, 0.2) is 0 Å². The summed E-state index contributed by atoms with van der Waals surface area (Å²) in [6.45, 7) is 1.96. The zero-order valence-electron chi connectivity index (χ0n) is 14.2. The lowest BCUT2D eigenvalue weighted by molar-refractivity contribution is 0.522. The van der Waals surface area contributed by atoms with Crippen LogP contribution in [0.15, 0.2) is 36.7 Å². The second-order valence-electron chi connectivity index (χ2n) is 7.06. The number of rotatable bonds is 5. The number of nitrogens with one attached hydrogen (secondary N) is 1. The van der Waals surface area contributed by atoms with Crippen LogP contribution in [-0.4, -0.2) is 14.5 Å². The normalized spacial score (nSPS) is 16.6. The molecule has 1 aliphatic heterocycles. The molecule has 1 aromatic carbocycles. The fourth-order valence-electron chi connectivity index (χ4n) is 3.42. The molecule has 0 atom stereocenters. The first-order chi connectivity index (χ1) is 12.3. The SMILES string of the molecule is c1cc(-c2cn3c(n2)CCCC3)ccc1NCc1cnc(C2CC2)s1. The number of anilines is 1. The first-order valence-electron chi connectivity index (χ1n) is 9.20. The molecule has 0 amide bonds. The molecule has 1 fully saturated rings. The Bertz CT molecular complexity index is 850. The molecule has 5 rings (SSSR count). The van der Waals surface area contributed by atoms with Gasteiger partial charge in [-0.05, 0) is 37.8 Å². The molecular formula is C20H22N4S. The molecule has 1 aliphatic carbocycles. The van der Waals surface area contributed by atoms with Crippen LogP contribution in [0.4, 0.5) is 5.69 Å². The quantitative estimate of drug-likeness (QED) is 0.716. The topological polar surface area (TPSA) is 42.7 Å². The van der Waals surface area contributed by atoms with Crippen molar-refractivity contribution in [3.8, 4) is 11.3 Å². The van der Waals surface area contributed by atoms with E-state index in [-0.39, 0.29) is 0 Å². The number of aryl methyl sites for hydroxylation is 2. The van der Waals surface area contributed by atoms with E-state index in [9.17, 15) is 0 Å². The number of hydrogen-bond donors (Lipinski definition) is 1. The Morgan fingerprint density at radius 1 is 1.16 bits per heavy atom. The van der Waals surface area contributed by atoms with E-state index in [4.69, 9.17) is 4.98 Å². The standard InChI is InChI=1S/C20H22N4S/c1-2-10-24-13-18(23-19(24)3-1)14-6-8-16(9-7-14)21-11-17-12-22-20(25-17)15-4-5-15/h6-9,12-13,15,21H,1-5,10-11H2. The van der Waals surface area contributed by atoms with Gasteiger partial charge in [-0.2, -0.15) is 0 Å². The van der Waals surface area contributed by atoms with Gasteiger partial charge in [-0.25, -0.2) is 9.97 Å². The highest BCUT2D eigenvalue weighted by Crippen LogP contribution is 2.41. The van der Waals surface area contributed by atoms with Gasteiger partial charge in [0.05, 0.1) is 17.2 Å². The van der Waals surface area contributed by atoms with Crippen LogP contribution in [0.3, 0.4) is 0 Å². The van der Waals surface area contributed by atoms with Crippen molar-refractivity contribution in [3.05, 3.63) is 52.4 Å². The van der Waals surface area contributed by atoms with Crippen LogP contribution >= 0.6 is 11.3 Å². The van der Waals surface area contributed by atoms with E-state index in [1.807, 2.05) is 17.5 Å². The zero-order valence-corrected chi connectivity index (χ0v) is 15.1. The first-order valence-corrected chi connectivity index (χ1v) is 10.0. The molecule has 0 saturated heterocycles. The molecule has 3 aromatic rings. The smallest absolute Gasteiger partial charge is 0.109 e. The van der Waals surface area contributed by atoms with Gasteiger partial charge in [-0.3, -0.25) is 0 Å². The number of thiazole rings is 1. The van der Waals surface area contributed by atoms with Crippen molar-refractivity contribution >= 4 is 17.0 Å². The molecule has 2 aromatic heterocycles. The van der Waals surface area contributed by atoms with E-state index in [0.29, 0.717) is 0 Å². The molecule has 128 valence electrons. The number of imidazole rings is 1. The highest BCUT2D eigenvalue weighted by atomic mass is 32.1. The Balaban J connectivity index is 1.25. The lowest BCUT2D eigenvalue weighted by atomic mass is 10.1. The largest absolute Gasteiger partial charge is 0.380 e. The van der Waals surface area contributed by atoms with E-state index >= 15 is 0 Å². The van der Waals surface area contributed by atoms with Crippen molar-refractivity contribution < 1.29 is 0 Å². The molecule has 25 heavy (non-hydrogen) atoms. The first kappa shape index (κ1) is 15.1. The average Bonchev–Trinajstić information content (AvgIpc) is 3.24. The monoisotopic (exact) mass is 350 g/mol. The summed E-state index contributed by atoms with van der Waals surface area (Å²) in [6.07, 6.45) is 10.5. The van der Waals surface area contributed by atoms with Crippen LogP contribution in [-0.2, 0) is 19.5 Å². The number of hydrogen-bond acceptors (Lipinski definition) is 4.